The molecule has 31 heavy (non-hydrogen) atoms. The van der Waals surface area contributed by atoms with Gasteiger partial charge in [0, 0.05) is 13.6 Å². The third kappa shape index (κ3) is 6.95. The van der Waals surface area contributed by atoms with Gasteiger partial charge >= 0.3 is 12.0 Å². The molecule has 10 heteroatoms. The summed E-state index contributed by atoms with van der Waals surface area (Å²) >= 11 is 0. The fourth-order valence-corrected chi connectivity index (χ4v) is 3.73. The third-order valence-electron chi connectivity index (χ3n) is 5.46. The van der Waals surface area contributed by atoms with E-state index in [0.29, 0.717) is 24.7 Å². The minimum Gasteiger partial charge on any atom is -0.468 e. The summed E-state index contributed by atoms with van der Waals surface area (Å²) in [5.74, 6) is 0.474. The van der Waals surface area contributed by atoms with Crippen molar-refractivity contribution in [2.75, 3.05) is 56.3 Å². The van der Waals surface area contributed by atoms with E-state index in [1.807, 2.05) is 0 Å². The van der Waals surface area contributed by atoms with E-state index < -0.39 is 0 Å². The van der Waals surface area contributed by atoms with E-state index in [1.165, 1.54) is 12.0 Å². The second-order valence-electron chi connectivity index (χ2n) is 7.62. The van der Waals surface area contributed by atoms with E-state index in [9.17, 15) is 9.59 Å². The van der Waals surface area contributed by atoms with E-state index in [2.05, 4.69) is 27.1 Å². The number of rotatable bonds is 13. The van der Waals surface area contributed by atoms with Crippen molar-refractivity contribution in [2.45, 2.75) is 57.9 Å². The Hall–Kier alpha value is -2.62. The molecule has 0 aliphatic carbocycles. The minimum atomic E-state index is -0.167. The van der Waals surface area contributed by atoms with Gasteiger partial charge in [-0.25, -0.2) is 0 Å². The highest BCUT2D eigenvalue weighted by molar-refractivity contribution is 5.85. The van der Waals surface area contributed by atoms with Crippen LogP contribution >= 0.6 is 0 Å². The Morgan fingerprint density at radius 3 is 2.81 bits per heavy atom. The van der Waals surface area contributed by atoms with Gasteiger partial charge in [0.1, 0.15) is 11.7 Å². The summed E-state index contributed by atoms with van der Waals surface area (Å²) in [5.41, 5.74) is 6.55. The Balaban J connectivity index is 1.98. The van der Waals surface area contributed by atoms with Crippen LogP contribution in [0.25, 0.3) is 0 Å². The summed E-state index contributed by atoms with van der Waals surface area (Å²) in [4.78, 5) is 36.1. The van der Waals surface area contributed by atoms with Crippen molar-refractivity contribution in [3.8, 4) is 6.01 Å². The molecule has 0 aromatic carbocycles. The Morgan fingerprint density at radius 2 is 2.13 bits per heavy atom. The summed E-state index contributed by atoms with van der Waals surface area (Å²) in [7, 11) is 3.15. The number of piperidine rings is 1. The van der Waals surface area contributed by atoms with Gasteiger partial charge in [0.2, 0.25) is 6.41 Å². The lowest BCUT2D eigenvalue weighted by molar-refractivity contribution is -0.148. The molecule has 1 fully saturated rings. The van der Waals surface area contributed by atoms with Crippen LogP contribution in [-0.2, 0) is 14.3 Å². The van der Waals surface area contributed by atoms with Crippen LogP contribution in [0.4, 0.5) is 17.3 Å². The predicted octanol–water partition coefficient (Wildman–Crippen LogP) is 2.05. The minimum absolute atomic E-state index is 0.165. The number of hydrogen-bond acceptors (Lipinski definition) is 9. The lowest BCUT2D eigenvalue weighted by Gasteiger charge is -2.33. The van der Waals surface area contributed by atoms with Gasteiger partial charge in [0.05, 0.1) is 13.7 Å². The number of esters is 1. The number of carbonyl (C=O) groups is 2. The number of nitrogen functional groups attached to an aromatic ring is 1. The maximum atomic E-state index is 12.0. The molecule has 174 valence electrons. The van der Waals surface area contributed by atoms with Crippen LogP contribution in [-0.4, -0.2) is 73.7 Å². The van der Waals surface area contributed by atoms with E-state index in [0.717, 1.165) is 64.4 Å². The van der Waals surface area contributed by atoms with Crippen LogP contribution in [0.5, 0.6) is 6.01 Å². The van der Waals surface area contributed by atoms with E-state index in [1.54, 1.807) is 7.05 Å². The predicted molar refractivity (Wildman–Crippen MR) is 120 cm³/mol. The molecule has 0 saturated carbocycles. The first kappa shape index (κ1) is 24.6. The molecule has 1 saturated heterocycles. The Labute approximate surface area is 184 Å². The van der Waals surface area contributed by atoms with Crippen molar-refractivity contribution in [3.05, 3.63) is 0 Å². The monoisotopic (exact) mass is 436 g/mol. The maximum absolute atomic E-state index is 12.0. The molecule has 1 atom stereocenters. The molecule has 1 aliphatic rings. The lowest BCUT2D eigenvalue weighted by atomic mass is 10.0. The summed E-state index contributed by atoms with van der Waals surface area (Å²) in [6, 6.07) is 0.00217. The standard InChI is InChI=1S/C21H36N6O4/c1-4-5-14-31-21-24-18(22)17(23-2)19(25-21)27(15-28)13-9-8-12-26-11-7-6-10-16(26)20(29)30-3/h15-16,23H,4-14H2,1-3H3,(H2,22,24,25). The summed E-state index contributed by atoms with van der Waals surface area (Å²) in [5, 5.41) is 2.97. The third-order valence-corrected chi connectivity index (χ3v) is 5.46. The number of ether oxygens (including phenoxy) is 2. The zero-order valence-electron chi connectivity index (χ0n) is 18.9. The number of nitrogens with one attached hydrogen (secondary N) is 1. The molecule has 0 radical (unpaired) electrons. The SMILES string of the molecule is CCCCOc1nc(N)c(NC)c(N(C=O)CCCCN2CCCCC2C(=O)OC)n1. The first-order chi connectivity index (χ1) is 15.0. The molecule has 1 unspecified atom stereocenters. The molecule has 0 spiro atoms. The highest BCUT2D eigenvalue weighted by Gasteiger charge is 2.29. The lowest BCUT2D eigenvalue weighted by Crippen LogP contribution is -2.45. The number of likely N-dealkylation sites (tertiary alicyclic amines) is 1. The van der Waals surface area contributed by atoms with Crippen molar-refractivity contribution in [3.63, 3.8) is 0 Å². The first-order valence-electron chi connectivity index (χ1n) is 11.1. The maximum Gasteiger partial charge on any atom is 0.323 e. The molecule has 2 heterocycles. The molecule has 2 rings (SSSR count). The van der Waals surface area contributed by atoms with Crippen LogP contribution in [0.1, 0.15) is 51.9 Å². The number of hydrogen-bond donors (Lipinski definition) is 2. The van der Waals surface area contributed by atoms with Gasteiger partial charge < -0.3 is 20.5 Å². The topological polar surface area (TPSA) is 123 Å². The first-order valence-corrected chi connectivity index (χ1v) is 11.1. The van der Waals surface area contributed by atoms with Crippen molar-refractivity contribution >= 4 is 29.7 Å². The number of aromatic nitrogens is 2. The number of anilines is 3. The van der Waals surface area contributed by atoms with Gasteiger partial charge in [-0.15, -0.1) is 0 Å². The molecular formula is C21H36N6O4. The van der Waals surface area contributed by atoms with Gasteiger partial charge in [-0.1, -0.05) is 19.8 Å². The van der Waals surface area contributed by atoms with Crippen LogP contribution in [0.3, 0.4) is 0 Å². The smallest absolute Gasteiger partial charge is 0.323 e. The number of nitrogens with zero attached hydrogens (tertiary/aromatic N) is 4. The molecule has 3 N–H and O–H groups in total. The van der Waals surface area contributed by atoms with Crippen molar-refractivity contribution in [1.29, 1.82) is 0 Å². The molecule has 1 aromatic heterocycles. The molecule has 10 nitrogen and oxygen atoms in total. The van der Waals surface area contributed by atoms with E-state index in [-0.39, 0.29) is 23.8 Å². The zero-order chi connectivity index (χ0) is 22.6. The Morgan fingerprint density at radius 1 is 1.32 bits per heavy atom. The number of amides is 1. The van der Waals surface area contributed by atoms with Gasteiger partial charge in [0.15, 0.2) is 11.6 Å². The normalized spacial score (nSPS) is 16.5. The fourth-order valence-electron chi connectivity index (χ4n) is 3.73. The Kier molecular flexibility index (Phi) is 10.3. The van der Waals surface area contributed by atoms with Gasteiger partial charge in [-0.2, -0.15) is 9.97 Å². The summed E-state index contributed by atoms with van der Waals surface area (Å²) in [6.07, 6.45) is 7.17. The highest BCUT2D eigenvalue weighted by atomic mass is 16.5. The van der Waals surface area contributed by atoms with Gasteiger partial charge in [0.25, 0.3) is 0 Å². The van der Waals surface area contributed by atoms with E-state index >= 15 is 0 Å². The average Bonchev–Trinajstić information content (AvgIpc) is 2.78. The Bertz CT molecular complexity index is 717. The van der Waals surface area contributed by atoms with Crippen LogP contribution in [0, 0.1) is 0 Å². The zero-order valence-corrected chi connectivity index (χ0v) is 18.9. The van der Waals surface area contributed by atoms with Crippen LogP contribution in [0.15, 0.2) is 0 Å². The quantitative estimate of drug-likeness (QED) is 0.272. The second kappa shape index (κ2) is 12.9. The number of carbonyl (C=O) groups excluding carboxylic acids is 2. The highest BCUT2D eigenvalue weighted by Crippen LogP contribution is 2.30. The van der Waals surface area contributed by atoms with Gasteiger partial charge in [-0.05, 0) is 45.2 Å². The van der Waals surface area contributed by atoms with Crippen molar-refractivity contribution in [1.82, 2.24) is 14.9 Å². The average molecular weight is 437 g/mol. The second-order valence-corrected chi connectivity index (χ2v) is 7.62. The number of methoxy groups -OCH3 is 1. The van der Waals surface area contributed by atoms with Gasteiger partial charge in [-0.3, -0.25) is 19.4 Å². The molecule has 1 amide bonds. The molecular weight excluding hydrogens is 400 g/mol. The fraction of sp³-hybridized carbons (Fsp3) is 0.714. The van der Waals surface area contributed by atoms with Crippen LogP contribution in [0.2, 0.25) is 0 Å². The number of unbranched alkanes of at least 4 members (excludes halogenated alkanes) is 2. The van der Waals surface area contributed by atoms with E-state index in [4.69, 9.17) is 15.2 Å². The van der Waals surface area contributed by atoms with Crippen molar-refractivity contribution < 1.29 is 19.1 Å². The number of nitrogens with two attached hydrogens (primary N) is 1. The molecule has 1 aromatic rings. The largest absolute Gasteiger partial charge is 0.468 e. The molecule has 0 bridgehead atoms. The molecule has 1 aliphatic heterocycles. The van der Waals surface area contributed by atoms with Crippen LogP contribution < -0.4 is 20.7 Å². The van der Waals surface area contributed by atoms with Crippen molar-refractivity contribution in [2.24, 2.45) is 0 Å². The summed E-state index contributed by atoms with van der Waals surface area (Å²) in [6.45, 7) is 4.70. The summed E-state index contributed by atoms with van der Waals surface area (Å²) < 4.78 is 10.5.